The Kier molecular flexibility index (Phi) is 5.47. The van der Waals surface area contributed by atoms with Crippen LogP contribution in [0.15, 0.2) is 23.0 Å². The number of hydrogen-bond donors (Lipinski definition) is 1. The molecule has 2 aliphatic heterocycles. The summed E-state index contributed by atoms with van der Waals surface area (Å²) < 4.78 is 5.37. The van der Waals surface area contributed by atoms with Crippen molar-refractivity contribution in [3.05, 3.63) is 23.0 Å². The fraction of sp³-hybridized carbons (Fsp3) is 0.688. The predicted octanol–water partition coefficient (Wildman–Crippen LogP) is 2.04. The molecule has 0 bridgehead atoms. The maximum Gasteiger partial charge on any atom is 0.144 e. The van der Waals surface area contributed by atoms with E-state index in [9.17, 15) is 4.79 Å². The van der Waals surface area contributed by atoms with Crippen LogP contribution in [0.4, 0.5) is 0 Å². The lowest BCUT2D eigenvalue weighted by molar-refractivity contribution is -0.121. The SMILES string of the molecule is CC1=C2COC=C2CC(=O)C1CCN1CCC(N)CC1.Cl. The number of likely N-dealkylation sites (tertiary alicyclic amines) is 1. The standard InChI is InChI=1S/C16H24N2O2.ClH/c1-11-14(4-7-18-5-2-13(17)3-6-18)16(19)8-12-9-20-10-15(11)12;/h9,13-14H,2-8,10,17H2,1H3;1H. The normalized spacial score (nSPS) is 27.0. The molecule has 0 amide bonds. The van der Waals surface area contributed by atoms with E-state index in [2.05, 4.69) is 11.8 Å². The van der Waals surface area contributed by atoms with Gasteiger partial charge in [-0.15, -0.1) is 12.4 Å². The number of halogens is 1. The van der Waals surface area contributed by atoms with Crippen LogP contribution in [0.3, 0.4) is 0 Å². The summed E-state index contributed by atoms with van der Waals surface area (Å²) >= 11 is 0. The molecule has 2 N–H and O–H groups in total. The van der Waals surface area contributed by atoms with E-state index in [0.29, 0.717) is 24.9 Å². The lowest BCUT2D eigenvalue weighted by Crippen LogP contribution is -2.41. The van der Waals surface area contributed by atoms with Crippen LogP contribution in [0.2, 0.25) is 0 Å². The highest BCUT2D eigenvalue weighted by atomic mass is 35.5. The Morgan fingerprint density at radius 1 is 1.38 bits per heavy atom. The Morgan fingerprint density at radius 2 is 2.10 bits per heavy atom. The largest absolute Gasteiger partial charge is 0.496 e. The Morgan fingerprint density at radius 3 is 2.81 bits per heavy atom. The van der Waals surface area contributed by atoms with Crippen molar-refractivity contribution in [3.8, 4) is 0 Å². The van der Waals surface area contributed by atoms with Gasteiger partial charge in [-0.25, -0.2) is 0 Å². The number of ketones is 1. The van der Waals surface area contributed by atoms with Gasteiger partial charge in [0.1, 0.15) is 12.4 Å². The molecule has 1 aliphatic carbocycles. The van der Waals surface area contributed by atoms with Gasteiger partial charge in [-0.05, 0) is 51.4 Å². The Bertz CT molecular complexity index is 465. The topological polar surface area (TPSA) is 55.6 Å². The Labute approximate surface area is 132 Å². The number of carbonyl (C=O) groups excluding carboxylic acids is 1. The minimum absolute atomic E-state index is 0. The van der Waals surface area contributed by atoms with E-state index in [0.717, 1.165) is 44.5 Å². The van der Waals surface area contributed by atoms with Gasteiger partial charge in [-0.3, -0.25) is 4.79 Å². The van der Waals surface area contributed by atoms with Crippen molar-refractivity contribution in [2.45, 2.75) is 38.6 Å². The predicted molar refractivity (Wildman–Crippen MR) is 85.4 cm³/mol. The third-order valence-electron chi connectivity index (χ3n) is 4.96. The second-order valence-electron chi connectivity index (χ2n) is 6.28. The first-order chi connectivity index (χ1) is 9.65. The molecule has 118 valence electrons. The molecule has 0 aromatic heterocycles. The van der Waals surface area contributed by atoms with Gasteiger partial charge >= 0.3 is 0 Å². The average molecular weight is 313 g/mol. The Balaban J connectivity index is 0.00000161. The smallest absolute Gasteiger partial charge is 0.144 e. The van der Waals surface area contributed by atoms with E-state index < -0.39 is 0 Å². The average Bonchev–Trinajstić information content (AvgIpc) is 2.89. The zero-order chi connectivity index (χ0) is 14.1. The first kappa shape index (κ1) is 16.5. The molecule has 5 heteroatoms. The molecule has 2 heterocycles. The van der Waals surface area contributed by atoms with Gasteiger partial charge in [0.15, 0.2) is 0 Å². The zero-order valence-corrected chi connectivity index (χ0v) is 13.5. The van der Waals surface area contributed by atoms with Crippen molar-refractivity contribution in [2.75, 3.05) is 26.2 Å². The van der Waals surface area contributed by atoms with Gasteiger partial charge in [-0.1, -0.05) is 5.57 Å². The number of rotatable bonds is 3. The highest BCUT2D eigenvalue weighted by Gasteiger charge is 2.32. The highest BCUT2D eigenvalue weighted by molar-refractivity contribution is 5.89. The van der Waals surface area contributed by atoms with Crippen LogP contribution in [0.25, 0.3) is 0 Å². The quantitative estimate of drug-likeness (QED) is 0.866. The van der Waals surface area contributed by atoms with E-state index in [1.807, 2.05) is 0 Å². The number of carbonyl (C=O) groups is 1. The first-order valence-electron chi connectivity index (χ1n) is 7.66. The number of allylic oxidation sites excluding steroid dienone is 1. The van der Waals surface area contributed by atoms with Crippen molar-refractivity contribution in [2.24, 2.45) is 11.7 Å². The number of nitrogens with two attached hydrogens (primary N) is 1. The summed E-state index contributed by atoms with van der Waals surface area (Å²) in [6, 6.07) is 0.370. The molecule has 21 heavy (non-hydrogen) atoms. The third kappa shape index (κ3) is 3.50. The fourth-order valence-corrected chi connectivity index (χ4v) is 3.53. The number of hydrogen-bond acceptors (Lipinski definition) is 4. The molecular formula is C16H25ClN2O2. The summed E-state index contributed by atoms with van der Waals surface area (Å²) in [5.41, 5.74) is 9.54. The van der Waals surface area contributed by atoms with Crippen LogP contribution in [0, 0.1) is 5.92 Å². The van der Waals surface area contributed by atoms with Gasteiger partial charge in [-0.2, -0.15) is 0 Å². The van der Waals surface area contributed by atoms with Gasteiger partial charge in [0.25, 0.3) is 0 Å². The molecule has 1 unspecified atom stereocenters. The van der Waals surface area contributed by atoms with Gasteiger partial charge in [0.05, 0.1) is 6.26 Å². The van der Waals surface area contributed by atoms with Crippen molar-refractivity contribution in [1.29, 1.82) is 0 Å². The lowest BCUT2D eigenvalue weighted by atomic mass is 9.79. The van der Waals surface area contributed by atoms with Gasteiger partial charge in [0.2, 0.25) is 0 Å². The van der Waals surface area contributed by atoms with E-state index in [-0.39, 0.29) is 18.3 Å². The lowest BCUT2D eigenvalue weighted by Gasteiger charge is -2.32. The van der Waals surface area contributed by atoms with Crippen LogP contribution in [0.5, 0.6) is 0 Å². The van der Waals surface area contributed by atoms with E-state index in [1.54, 1.807) is 6.26 Å². The third-order valence-corrected chi connectivity index (χ3v) is 4.96. The number of Topliss-reactive ketones (excluding diaryl/α,β-unsaturated/α-hetero) is 1. The van der Waals surface area contributed by atoms with Gasteiger partial charge < -0.3 is 15.4 Å². The zero-order valence-electron chi connectivity index (χ0n) is 12.6. The molecular weight excluding hydrogens is 288 g/mol. The molecule has 3 rings (SSSR count). The number of piperidine rings is 1. The van der Waals surface area contributed by atoms with E-state index in [1.165, 1.54) is 11.1 Å². The second-order valence-corrected chi connectivity index (χ2v) is 6.28. The molecule has 0 aromatic carbocycles. The molecule has 1 saturated heterocycles. The van der Waals surface area contributed by atoms with Crippen molar-refractivity contribution in [3.63, 3.8) is 0 Å². The molecule has 0 aromatic rings. The summed E-state index contributed by atoms with van der Waals surface area (Å²) in [4.78, 5) is 14.8. The number of nitrogens with zero attached hydrogens (tertiary/aromatic N) is 1. The number of ether oxygens (including phenoxy) is 1. The van der Waals surface area contributed by atoms with Crippen molar-refractivity contribution < 1.29 is 9.53 Å². The summed E-state index contributed by atoms with van der Waals surface area (Å²) in [5.74, 6) is 0.455. The molecule has 4 nitrogen and oxygen atoms in total. The minimum atomic E-state index is 0. The van der Waals surface area contributed by atoms with Crippen LogP contribution >= 0.6 is 12.4 Å². The summed E-state index contributed by atoms with van der Waals surface area (Å²) in [6.45, 7) is 5.92. The molecule has 0 spiro atoms. The summed E-state index contributed by atoms with van der Waals surface area (Å²) in [7, 11) is 0. The van der Waals surface area contributed by atoms with Crippen molar-refractivity contribution >= 4 is 18.2 Å². The second kappa shape index (κ2) is 6.95. The molecule has 0 saturated carbocycles. The maximum absolute atomic E-state index is 12.3. The Hall–Kier alpha value is -0.840. The van der Waals surface area contributed by atoms with E-state index in [4.69, 9.17) is 10.5 Å². The number of fused-ring (bicyclic) bond motifs is 1. The van der Waals surface area contributed by atoms with Crippen LogP contribution in [-0.2, 0) is 9.53 Å². The maximum atomic E-state index is 12.3. The first-order valence-corrected chi connectivity index (χ1v) is 7.66. The fourth-order valence-electron chi connectivity index (χ4n) is 3.53. The molecule has 1 atom stereocenters. The van der Waals surface area contributed by atoms with Crippen LogP contribution < -0.4 is 5.73 Å². The van der Waals surface area contributed by atoms with Crippen molar-refractivity contribution in [1.82, 2.24) is 4.90 Å². The molecule has 1 fully saturated rings. The van der Waals surface area contributed by atoms with Crippen LogP contribution in [-0.4, -0.2) is 43.0 Å². The molecule has 3 aliphatic rings. The molecule has 0 radical (unpaired) electrons. The van der Waals surface area contributed by atoms with Gasteiger partial charge in [0, 0.05) is 24.0 Å². The monoisotopic (exact) mass is 312 g/mol. The van der Waals surface area contributed by atoms with E-state index >= 15 is 0 Å². The highest BCUT2D eigenvalue weighted by Crippen LogP contribution is 2.36. The summed E-state index contributed by atoms with van der Waals surface area (Å²) in [5, 5.41) is 0. The van der Waals surface area contributed by atoms with Crippen LogP contribution in [0.1, 0.15) is 32.6 Å². The summed E-state index contributed by atoms with van der Waals surface area (Å²) in [6.07, 6.45) is 5.43. The minimum Gasteiger partial charge on any atom is -0.496 e.